The summed E-state index contributed by atoms with van der Waals surface area (Å²) in [5.41, 5.74) is 10.2. The van der Waals surface area contributed by atoms with Gasteiger partial charge in [-0.25, -0.2) is 0 Å². The molecular formula is C18H22N2O. The van der Waals surface area contributed by atoms with Crippen LogP contribution in [0.15, 0.2) is 42.5 Å². The van der Waals surface area contributed by atoms with Crippen LogP contribution in [0.5, 0.6) is 0 Å². The lowest BCUT2D eigenvalue weighted by atomic mass is 9.87. The van der Waals surface area contributed by atoms with Gasteiger partial charge in [0.05, 0.1) is 0 Å². The highest BCUT2D eigenvalue weighted by Gasteiger charge is 2.14. The van der Waals surface area contributed by atoms with Crippen LogP contribution < -0.4 is 11.1 Å². The van der Waals surface area contributed by atoms with Crippen molar-refractivity contribution in [3.8, 4) is 0 Å². The third-order valence-electron chi connectivity index (χ3n) is 3.54. The van der Waals surface area contributed by atoms with E-state index in [0.717, 1.165) is 16.9 Å². The number of hydrogen-bond donors (Lipinski definition) is 2. The zero-order valence-corrected chi connectivity index (χ0v) is 13.0. The largest absolute Gasteiger partial charge is 0.399 e. The van der Waals surface area contributed by atoms with Crippen LogP contribution in [-0.2, 0) is 5.41 Å². The standard InChI is InChI=1S/C18H22N2O/c1-12-11-15(9-10-16(12)19)20-17(21)13-5-7-14(8-6-13)18(2,3)4/h5-11H,19H2,1-4H3,(H,20,21). The maximum Gasteiger partial charge on any atom is 0.255 e. The number of carbonyl (C=O) groups excluding carboxylic acids is 1. The minimum Gasteiger partial charge on any atom is -0.399 e. The Balaban J connectivity index is 2.15. The molecule has 0 fully saturated rings. The first-order valence-corrected chi connectivity index (χ1v) is 7.05. The summed E-state index contributed by atoms with van der Waals surface area (Å²) in [6.45, 7) is 8.38. The molecule has 0 radical (unpaired) electrons. The molecule has 0 unspecified atom stereocenters. The average molecular weight is 282 g/mol. The molecule has 2 aromatic carbocycles. The first-order chi connectivity index (χ1) is 9.77. The Bertz CT molecular complexity index is 652. The van der Waals surface area contributed by atoms with Gasteiger partial charge in [0, 0.05) is 16.9 Å². The van der Waals surface area contributed by atoms with Gasteiger partial charge < -0.3 is 11.1 Å². The molecule has 0 saturated heterocycles. The molecule has 0 heterocycles. The summed E-state index contributed by atoms with van der Waals surface area (Å²) in [5.74, 6) is -0.111. The van der Waals surface area contributed by atoms with Crippen LogP contribution in [0.3, 0.4) is 0 Å². The van der Waals surface area contributed by atoms with Gasteiger partial charge >= 0.3 is 0 Å². The molecule has 0 atom stereocenters. The number of nitrogens with one attached hydrogen (secondary N) is 1. The fraction of sp³-hybridized carbons (Fsp3) is 0.278. The Hall–Kier alpha value is -2.29. The van der Waals surface area contributed by atoms with E-state index in [-0.39, 0.29) is 11.3 Å². The van der Waals surface area contributed by atoms with Gasteiger partial charge in [0.2, 0.25) is 0 Å². The van der Waals surface area contributed by atoms with Crippen LogP contribution in [0.25, 0.3) is 0 Å². The predicted octanol–water partition coefficient (Wildman–Crippen LogP) is 4.13. The Morgan fingerprint density at radius 3 is 2.19 bits per heavy atom. The molecule has 0 bridgehead atoms. The maximum atomic E-state index is 12.2. The van der Waals surface area contributed by atoms with Crippen molar-refractivity contribution in [1.82, 2.24) is 0 Å². The summed E-state index contributed by atoms with van der Waals surface area (Å²) in [4.78, 5) is 12.2. The summed E-state index contributed by atoms with van der Waals surface area (Å²) in [6.07, 6.45) is 0. The molecule has 0 spiro atoms. The second-order valence-corrected chi connectivity index (χ2v) is 6.35. The summed E-state index contributed by atoms with van der Waals surface area (Å²) in [6, 6.07) is 13.2. The van der Waals surface area contributed by atoms with Crippen molar-refractivity contribution in [3.05, 3.63) is 59.2 Å². The number of aryl methyl sites for hydroxylation is 1. The van der Waals surface area contributed by atoms with Crippen LogP contribution in [0.4, 0.5) is 11.4 Å². The first kappa shape index (κ1) is 15.1. The molecule has 3 N–H and O–H groups in total. The smallest absolute Gasteiger partial charge is 0.255 e. The summed E-state index contributed by atoms with van der Waals surface area (Å²) < 4.78 is 0. The zero-order chi connectivity index (χ0) is 15.6. The molecular weight excluding hydrogens is 260 g/mol. The molecule has 0 aromatic heterocycles. The average Bonchev–Trinajstić information content (AvgIpc) is 2.42. The summed E-state index contributed by atoms with van der Waals surface area (Å²) >= 11 is 0. The topological polar surface area (TPSA) is 55.1 Å². The SMILES string of the molecule is Cc1cc(NC(=O)c2ccc(C(C)(C)C)cc2)ccc1N. The van der Waals surface area contributed by atoms with Crippen molar-refractivity contribution in [2.24, 2.45) is 0 Å². The van der Waals surface area contributed by atoms with E-state index in [1.54, 1.807) is 6.07 Å². The van der Waals surface area contributed by atoms with E-state index >= 15 is 0 Å². The van der Waals surface area contributed by atoms with Crippen molar-refractivity contribution in [1.29, 1.82) is 0 Å². The molecule has 21 heavy (non-hydrogen) atoms. The van der Waals surface area contributed by atoms with Crippen LogP contribution in [0.2, 0.25) is 0 Å². The second-order valence-electron chi connectivity index (χ2n) is 6.35. The third kappa shape index (κ3) is 3.63. The Kier molecular flexibility index (Phi) is 4.03. The predicted molar refractivity (Wildman–Crippen MR) is 88.7 cm³/mol. The zero-order valence-electron chi connectivity index (χ0n) is 13.0. The Morgan fingerprint density at radius 1 is 1.05 bits per heavy atom. The lowest BCUT2D eigenvalue weighted by Crippen LogP contribution is -2.14. The number of hydrogen-bond acceptors (Lipinski definition) is 2. The van der Waals surface area contributed by atoms with Crippen LogP contribution in [0.1, 0.15) is 42.3 Å². The number of rotatable bonds is 2. The van der Waals surface area contributed by atoms with E-state index in [9.17, 15) is 4.79 Å². The highest BCUT2D eigenvalue weighted by Crippen LogP contribution is 2.23. The van der Waals surface area contributed by atoms with Gasteiger partial charge in [0.15, 0.2) is 0 Å². The highest BCUT2D eigenvalue weighted by atomic mass is 16.1. The summed E-state index contributed by atoms with van der Waals surface area (Å²) in [7, 11) is 0. The number of anilines is 2. The van der Waals surface area contributed by atoms with E-state index in [0.29, 0.717) is 5.56 Å². The number of amides is 1. The van der Waals surface area contributed by atoms with Crippen LogP contribution in [0, 0.1) is 6.92 Å². The van der Waals surface area contributed by atoms with Gasteiger partial charge in [0.1, 0.15) is 0 Å². The van der Waals surface area contributed by atoms with Crippen molar-refractivity contribution in [2.75, 3.05) is 11.1 Å². The number of nitrogens with two attached hydrogens (primary N) is 1. The Morgan fingerprint density at radius 2 is 1.67 bits per heavy atom. The molecule has 0 aliphatic rings. The van der Waals surface area contributed by atoms with Gasteiger partial charge in [-0.05, 0) is 53.8 Å². The van der Waals surface area contributed by atoms with Crippen molar-refractivity contribution in [3.63, 3.8) is 0 Å². The van der Waals surface area contributed by atoms with Gasteiger partial charge in [-0.15, -0.1) is 0 Å². The van der Waals surface area contributed by atoms with Crippen molar-refractivity contribution < 1.29 is 4.79 Å². The Labute approximate surface area is 126 Å². The highest BCUT2D eigenvalue weighted by molar-refractivity contribution is 6.04. The lowest BCUT2D eigenvalue weighted by Gasteiger charge is -2.19. The van der Waals surface area contributed by atoms with Gasteiger partial charge in [-0.3, -0.25) is 4.79 Å². The van der Waals surface area contributed by atoms with Gasteiger partial charge in [-0.2, -0.15) is 0 Å². The second kappa shape index (κ2) is 5.60. The van der Waals surface area contributed by atoms with Crippen LogP contribution in [-0.4, -0.2) is 5.91 Å². The van der Waals surface area contributed by atoms with E-state index in [1.165, 1.54) is 5.56 Å². The molecule has 0 aliphatic heterocycles. The van der Waals surface area contributed by atoms with E-state index in [4.69, 9.17) is 5.73 Å². The molecule has 110 valence electrons. The molecule has 3 heteroatoms. The fourth-order valence-corrected chi connectivity index (χ4v) is 2.08. The van der Waals surface area contributed by atoms with E-state index in [2.05, 4.69) is 26.1 Å². The van der Waals surface area contributed by atoms with Crippen molar-refractivity contribution >= 4 is 17.3 Å². The number of benzene rings is 2. The molecule has 0 saturated carbocycles. The quantitative estimate of drug-likeness (QED) is 0.814. The number of nitrogen functional groups attached to an aromatic ring is 1. The molecule has 2 rings (SSSR count). The van der Waals surface area contributed by atoms with E-state index < -0.39 is 0 Å². The first-order valence-electron chi connectivity index (χ1n) is 7.05. The third-order valence-corrected chi connectivity index (χ3v) is 3.54. The normalized spacial score (nSPS) is 11.2. The minimum atomic E-state index is -0.111. The van der Waals surface area contributed by atoms with Crippen LogP contribution >= 0.6 is 0 Å². The monoisotopic (exact) mass is 282 g/mol. The van der Waals surface area contributed by atoms with Gasteiger partial charge in [-0.1, -0.05) is 32.9 Å². The van der Waals surface area contributed by atoms with Crippen molar-refractivity contribution in [2.45, 2.75) is 33.1 Å². The maximum absolute atomic E-state index is 12.2. The molecule has 3 nitrogen and oxygen atoms in total. The van der Waals surface area contributed by atoms with E-state index in [1.807, 2.05) is 43.3 Å². The minimum absolute atomic E-state index is 0.0864. The molecule has 1 amide bonds. The molecule has 0 aliphatic carbocycles. The fourth-order valence-electron chi connectivity index (χ4n) is 2.08. The van der Waals surface area contributed by atoms with Gasteiger partial charge in [0.25, 0.3) is 5.91 Å². The number of carbonyl (C=O) groups is 1. The molecule has 2 aromatic rings. The summed E-state index contributed by atoms with van der Waals surface area (Å²) in [5, 5.41) is 2.89. The lowest BCUT2D eigenvalue weighted by molar-refractivity contribution is 0.102.